The number of aromatic nitrogens is 2. The highest BCUT2D eigenvalue weighted by Gasteiger charge is 2.18. The first-order valence-corrected chi connectivity index (χ1v) is 29.0. The molecule has 3 heteroatoms. The Balaban J connectivity index is 0.0000372. The normalized spacial score (nSPS) is 12.3. The first kappa shape index (κ1) is 61.2. The lowest BCUT2D eigenvalue weighted by molar-refractivity contribution is -0.724. The molecule has 1 unspecified atom stereocenters. The van der Waals surface area contributed by atoms with Crippen molar-refractivity contribution >= 4 is 0 Å². The largest absolute Gasteiger partial charge is 1.00 e. The van der Waals surface area contributed by atoms with Crippen molar-refractivity contribution in [2.75, 3.05) is 0 Å². The highest BCUT2D eigenvalue weighted by atomic mass is 35.5. The summed E-state index contributed by atoms with van der Waals surface area (Å²) in [5.74, 6) is 0.975. The number of rotatable bonds is 51. The molecule has 0 aliphatic carbocycles. The molecule has 0 fully saturated rings. The summed E-state index contributed by atoms with van der Waals surface area (Å²) in [4.78, 5) is 0. The van der Waals surface area contributed by atoms with Crippen LogP contribution < -0.4 is 17.0 Å². The zero-order valence-electron chi connectivity index (χ0n) is 43.3. The molecule has 0 radical (unpaired) electrons. The molecule has 1 heterocycles. The van der Waals surface area contributed by atoms with Gasteiger partial charge in [-0.15, -0.1) is 0 Å². The van der Waals surface area contributed by atoms with Crippen LogP contribution in [-0.4, -0.2) is 4.57 Å². The molecule has 0 aromatic carbocycles. The predicted octanol–water partition coefficient (Wildman–Crippen LogP) is 17.9. The second-order valence-electron chi connectivity index (χ2n) is 20.3. The first-order chi connectivity index (χ1) is 30.2. The molecule has 0 N–H and O–H groups in total. The number of hydrogen-bond acceptors (Lipinski definition) is 0. The van der Waals surface area contributed by atoms with Crippen molar-refractivity contribution in [2.45, 2.75) is 342 Å². The van der Waals surface area contributed by atoms with Gasteiger partial charge in [-0.2, -0.15) is 0 Å². The number of halogens is 1. The smallest absolute Gasteiger partial charge is 0.243 e. The fraction of sp³-hybridized carbons (Fsp3) is 0.915. The van der Waals surface area contributed by atoms with E-state index in [0.29, 0.717) is 6.04 Å². The van der Waals surface area contributed by atoms with Crippen LogP contribution in [0.1, 0.15) is 336 Å². The standard InChI is InChI=1S/C59H115N2.ClH/c1-5-9-13-16-19-22-25-28-29-30-31-34-37-40-43-46-52-59(61-56-55-60(57-61)54-12-8-4)53-48-47-51-58(49-44-41-38-35-32-26-23-20-17-14-10-6-2)50-45-42-39-36-33-27-24-21-18-15-11-7-3;/h28-29,55-59H,5-27,30-54H2,1-4H3;1H/q+1;/p-1. The van der Waals surface area contributed by atoms with Gasteiger partial charge < -0.3 is 12.4 Å². The van der Waals surface area contributed by atoms with Crippen LogP contribution in [0.2, 0.25) is 0 Å². The second-order valence-corrected chi connectivity index (χ2v) is 20.3. The van der Waals surface area contributed by atoms with E-state index in [4.69, 9.17) is 0 Å². The van der Waals surface area contributed by atoms with Gasteiger partial charge in [-0.25, -0.2) is 9.13 Å². The maximum atomic E-state index is 2.61. The molecule has 62 heavy (non-hydrogen) atoms. The van der Waals surface area contributed by atoms with Crippen molar-refractivity contribution < 1.29 is 17.0 Å². The Morgan fingerprint density at radius 2 is 0.645 bits per heavy atom. The van der Waals surface area contributed by atoms with Gasteiger partial charge in [0.05, 0.1) is 6.54 Å². The Morgan fingerprint density at radius 1 is 0.355 bits per heavy atom. The van der Waals surface area contributed by atoms with E-state index < -0.39 is 0 Å². The molecule has 0 saturated heterocycles. The number of nitrogens with zero attached hydrogens (tertiary/aromatic N) is 2. The fourth-order valence-electron chi connectivity index (χ4n) is 9.96. The highest BCUT2D eigenvalue weighted by Crippen LogP contribution is 2.27. The summed E-state index contributed by atoms with van der Waals surface area (Å²) in [7, 11) is 0. The summed E-state index contributed by atoms with van der Waals surface area (Å²) in [5.41, 5.74) is 0. The van der Waals surface area contributed by atoms with E-state index in [1.54, 1.807) is 0 Å². The van der Waals surface area contributed by atoms with Crippen molar-refractivity contribution in [2.24, 2.45) is 5.92 Å². The van der Waals surface area contributed by atoms with Crippen LogP contribution in [0.4, 0.5) is 0 Å². The molecule has 0 aliphatic rings. The summed E-state index contributed by atoms with van der Waals surface area (Å²) in [6.07, 6.45) is 79.5. The van der Waals surface area contributed by atoms with E-state index >= 15 is 0 Å². The Labute approximate surface area is 398 Å². The molecule has 0 amide bonds. The van der Waals surface area contributed by atoms with Gasteiger partial charge in [0.1, 0.15) is 18.4 Å². The van der Waals surface area contributed by atoms with Crippen LogP contribution in [0, 0.1) is 5.92 Å². The van der Waals surface area contributed by atoms with E-state index in [2.05, 4.69) is 67.7 Å². The number of allylic oxidation sites excluding steroid dienone is 2. The van der Waals surface area contributed by atoms with Crippen LogP contribution in [0.15, 0.2) is 30.9 Å². The van der Waals surface area contributed by atoms with Crippen LogP contribution in [0.3, 0.4) is 0 Å². The predicted molar refractivity (Wildman–Crippen MR) is 276 cm³/mol. The molecular weight excluding hydrogens is 772 g/mol. The minimum Gasteiger partial charge on any atom is -1.00 e. The Morgan fingerprint density at radius 3 is 1.02 bits per heavy atom. The van der Waals surface area contributed by atoms with Crippen molar-refractivity contribution in [3.05, 3.63) is 30.9 Å². The van der Waals surface area contributed by atoms with E-state index in [1.165, 1.54) is 308 Å². The van der Waals surface area contributed by atoms with Gasteiger partial charge in [0, 0.05) is 0 Å². The first-order valence-electron chi connectivity index (χ1n) is 29.0. The summed E-state index contributed by atoms with van der Waals surface area (Å²) in [6.45, 7) is 10.4. The zero-order chi connectivity index (χ0) is 43.8. The minimum atomic E-state index is 0. The van der Waals surface area contributed by atoms with Crippen molar-refractivity contribution in [3.8, 4) is 0 Å². The van der Waals surface area contributed by atoms with Gasteiger partial charge in [0.15, 0.2) is 0 Å². The monoisotopic (exact) mass is 887 g/mol. The lowest BCUT2D eigenvalue weighted by Crippen LogP contribution is -3.00. The zero-order valence-corrected chi connectivity index (χ0v) is 44.0. The van der Waals surface area contributed by atoms with Crippen LogP contribution >= 0.6 is 0 Å². The highest BCUT2D eigenvalue weighted by molar-refractivity contribution is 4.81. The van der Waals surface area contributed by atoms with Gasteiger partial charge in [-0.1, -0.05) is 284 Å². The van der Waals surface area contributed by atoms with Gasteiger partial charge in [0.2, 0.25) is 6.33 Å². The molecule has 2 nitrogen and oxygen atoms in total. The molecule has 1 atom stereocenters. The maximum absolute atomic E-state index is 2.61. The van der Waals surface area contributed by atoms with Crippen LogP contribution in [0.25, 0.3) is 0 Å². The lowest BCUT2D eigenvalue weighted by Gasteiger charge is -2.18. The second kappa shape index (κ2) is 51.2. The van der Waals surface area contributed by atoms with E-state index in [9.17, 15) is 0 Å². The number of imidazole rings is 1. The Bertz CT molecular complexity index is 957. The van der Waals surface area contributed by atoms with Crippen LogP contribution in [-0.2, 0) is 6.54 Å². The molecular formula is C59H115ClN2. The molecule has 1 rings (SSSR count). The average molecular weight is 888 g/mol. The summed E-state index contributed by atoms with van der Waals surface area (Å²) < 4.78 is 5.07. The van der Waals surface area contributed by atoms with E-state index in [-0.39, 0.29) is 12.4 Å². The summed E-state index contributed by atoms with van der Waals surface area (Å²) >= 11 is 0. The fourth-order valence-corrected chi connectivity index (χ4v) is 9.96. The van der Waals surface area contributed by atoms with Crippen molar-refractivity contribution in [1.29, 1.82) is 0 Å². The average Bonchev–Trinajstić information content (AvgIpc) is 3.75. The molecule has 1 aromatic heterocycles. The third-order valence-electron chi connectivity index (χ3n) is 14.3. The lowest BCUT2D eigenvalue weighted by atomic mass is 9.89. The summed E-state index contributed by atoms with van der Waals surface area (Å²) in [5, 5.41) is 0. The SMILES string of the molecule is CCCCCCCCC=CCCCCCCCCC(CCCCC(CCCCCCCCCCCCCC)CCCCCCCCCCCCCC)[n+]1ccn(CCCC)c1.[Cl-]. The topological polar surface area (TPSA) is 8.81 Å². The van der Waals surface area contributed by atoms with E-state index in [0.717, 1.165) is 5.92 Å². The third-order valence-corrected chi connectivity index (χ3v) is 14.3. The molecule has 0 spiro atoms. The van der Waals surface area contributed by atoms with Crippen LogP contribution in [0.5, 0.6) is 0 Å². The Kier molecular flexibility index (Phi) is 50.6. The maximum Gasteiger partial charge on any atom is 0.243 e. The summed E-state index contributed by atoms with van der Waals surface area (Å²) in [6, 6.07) is 0.686. The number of hydrogen-bond donors (Lipinski definition) is 0. The van der Waals surface area contributed by atoms with Gasteiger partial charge in [0.25, 0.3) is 0 Å². The van der Waals surface area contributed by atoms with Crippen molar-refractivity contribution in [1.82, 2.24) is 4.57 Å². The van der Waals surface area contributed by atoms with Crippen molar-refractivity contribution in [3.63, 3.8) is 0 Å². The van der Waals surface area contributed by atoms with Gasteiger partial charge >= 0.3 is 0 Å². The minimum absolute atomic E-state index is 0. The number of aryl methyl sites for hydroxylation is 1. The molecule has 0 saturated carbocycles. The number of unbranched alkanes of at least 4 members (excludes halogenated alkanes) is 36. The van der Waals surface area contributed by atoms with Gasteiger partial charge in [-0.05, 0) is 63.7 Å². The molecule has 0 aliphatic heterocycles. The Hall–Kier alpha value is -0.760. The molecule has 1 aromatic rings. The quantitative estimate of drug-likeness (QED) is 0.0350. The molecule has 0 bridgehead atoms. The van der Waals surface area contributed by atoms with E-state index in [1.807, 2.05) is 0 Å². The van der Waals surface area contributed by atoms with Gasteiger partial charge in [-0.3, -0.25) is 0 Å². The molecule has 368 valence electrons. The third kappa shape index (κ3) is 41.9.